The molecule has 0 spiro atoms. The highest BCUT2D eigenvalue weighted by atomic mass is 19.3. The molecule has 0 unspecified atom stereocenters. The van der Waals surface area contributed by atoms with Gasteiger partial charge in [0.1, 0.15) is 17.7 Å². The Morgan fingerprint density at radius 2 is 1.73 bits per heavy atom. The van der Waals surface area contributed by atoms with Gasteiger partial charge in [-0.1, -0.05) is 37.8 Å². The lowest BCUT2D eigenvalue weighted by Crippen LogP contribution is -2.41. The zero-order chi connectivity index (χ0) is 22.7. The van der Waals surface area contributed by atoms with Crippen LogP contribution in [0.2, 0.25) is 0 Å². The minimum Gasteiger partial charge on any atom is -0.484 e. The number of carbonyl (C=O) groups is 1. The fraction of sp³-hybridized carbons (Fsp3) is 0.200. The molecular formula is C25H24F3N3O2. The molecule has 2 atom stereocenters. The van der Waals surface area contributed by atoms with Gasteiger partial charge in [0.15, 0.2) is 0 Å². The van der Waals surface area contributed by atoms with Crippen molar-refractivity contribution in [3.8, 4) is 11.4 Å². The van der Waals surface area contributed by atoms with Gasteiger partial charge in [-0.2, -0.15) is 13.9 Å². The molecule has 33 heavy (non-hydrogen) atoms. The number of ether oxygens (including phenoxy) is 1. The van der Waals surface area contributed by atoms with Gasteiger partial charge >= 0.3 is 6.43 Å². The van der Waals surface area contributed by atoms with E-state index in [9.17, 15) is 18.0 Å². The molecule has 1 heterocycles. The van der Waals surface area contributed by atoms with Crippen LogP contribution >= 0.6 is 0 Å². The summed E-state index contributed by atoms with van der Waals surface area (Å²) in [6, 6.07) is 19.7. The Labute approximate surface area is 189 Å². The molecule has 4 rings (SSSR count). The maximum Gasteiger partial charge on any atom is 0.315 e. The van der Waals surface area contributed by atoms with Crippen LogP contribution in [0.4, 0.5) is 13.2 Å². The Hall–Kier alpha value is -3.81. The topological polar surface area (TPSA) is 56.1 Å². The van der Waals surface area contributed by atoms with Crippen LogP contribution in [0.15, 0.2) is 79.0 Å². The number of rotatable bonds is 7. The fourth-order valence-electron chi connectivity index (χ4n) is 3.48. The van der Waals surface area contributed by atoms with E-state index in [4.69, 9.17) is 4.74 Å². The van der Waals surface area contributed by atoms with Gasteiger partial charge in [-0.05, 0) is 55.0 Å². The van der Waals surface area contributed by atoms with Crippen LogP contribution in [0.25, 0.3) is 16.6 Å². The average Bonchev–Trinajstić information content (AvgIpc) is 3.21. The molecule has 0 bridgehead atoms. The second-order valence-corrected chi connectivity index (χ2v) is 7.30. The van der Waals surface area contributed by atoms with Gasteiger partial charge in [0.25, 0.3) is 5.91 Å². The first-order valence-electron chi connectivity index (χ1n) is 9.96. The standard InChI is InChI=1S/C24H20F3N3O2.CH4/c1-15(29-24(31)23(26)27)22(16-5-3-2-4-6-16)32-20-11-12-21-17(13-20)14-28-30(21)19-9-7-18(25)8-10-19;/h2-15,22-23H,1H3,(H,29,31);1H4/t15-,22-;/m0./s1. The largest absolute Gasteiger partial charge is 0.484 e. The molecule has 0 aliphatic heterocycles. The molecule has 1 amide bonds. The van der Waals surface area contributed by atoms with E-state index in [1.54, 1.807) is 54.2 Å². The fourth-order valence-corrected chi connectivity index (χ4v) is 3.48. The van der Waals surface area contributed by atoms with Gasteiger partial charge in [-0.15, -0.1) is 0 Å². The number of fused-ring (bicyclic) bond motifs is 1. The van der Waals surface area contributed by atoms with E-state index in [0.29, 0.717) is 11.4 Å². The lowest BCUT2D eigenvalue weighted by atomic mass is 10.0. The van der Waals surface area contributed by atoms with Crippen molar-refractivity contribution in [3.63, 3.8) is 0 Å². The highest BCUT2D eigenvalue weighted by molar-refractivity contribution is 5.82. The number of halogens is 3. The van der Waals surface area contributed by atoms with Crippen LogP contribution < -0.4 is 10.1 Å². The molecule has 8 heteroatoms. The van der Waals surface area contributed by atoms with Crippen molar-refractivity contribution >= 4 is 16.8 Å². The summed E-state index contributed by atoms with van der Waals surface area (Å²) >= 11 is 0. The van der Waals surface area contributed by atoms with Crippen molar-refractivity contribution < 1.29 is 22.7 Å². The molecule has 4 aromatic rings. The highest BCUT2D eigenvalue weighted by Gasteiger charge is 2.26. The van der Waals surface area contributed by atoms with Gasteiger partial charge < -0.3 is 10.1 Å². The molecule has 0 saturated carbocycles. The van der Waals surface area contributed by atoms with E-state index in [-0.39, 0.29) is 13.2 Å². The Kier molecular flexibility index (Phi) is 7.37. The van der Waals surface area contributed by atoms with Crippen molar-refractivity contribution in [1.29, 1.82) is 0 Å². The molecule has 172 valence electrons. The van der Waals surface area contributed by atoms with E-state index < -0.39 is 24.5 Å². The summed E-state index contributed by atoms with van der Waals surface area (Å²) in [5.41, 5.74) is 2.23. The first kappa shape index (κ1) is 23.8. The summed E-state index contributed by atoms with van der Waals surface area (Å²) in [4.78, 5) is 11.5. The number of carbonyl (C=O) groups excluding carboxylic acids is 1. The number of aromatic nitrogens is 2. The Morgan fingerprint density at radius 3 is 2.39 bits per heavy atom. The van der Waals surface area contributed by atoms with Gasteiger partial charge in [-0.25, -0.2) is 9.07 Å². The monoisotopic (exact) mass is 455 g/mol. The highest BCUT2D eigenvalue weighted by Crippen LogP contribution is 2.29. The third-order valence-electron chi connectivity index (χ3n) is 5.02. The second kappa shape index (κ2) is 10.2. The summed E-state index contributed by atoms with van der Waals surface area (Å²) < 4.78 is 46.5. The first-order valence-corrected chi connectivity index (χ1v) is 9.96. The molecular weight excluding hydrogens is 431 g/mol. The van der Waals surface area contributed by atoms with Crippen molar-refractivity contribution in [1.82, 2.24) is 15.1 Å². The Morgan fingerprint density at radius 1 is 1.03 bits per heavy atom. The molecule has 0 fully saturated rings. The van der Waals surface area contributed by atoms with Crippen molar-refractivity contribution in [2.45, 2.75) is 32.9 Å². The average molecular weight is 455 g/mol. The van der Waals surface area contributed by atoms with Gasteiger partial charge in [0.05, 0.1) is 23.4 Å². The zero-order valence-corrected chi connectivity index (χ0v) is 17.1. The minimum atomic E-state index is -3.11. The van der Waals surface area contributed by atoms with Crippen LogP contribution in [0.5, 0.6) is 5.75 Å². The van der Waals surface area contributed by atoms with Crippen LogP contribution in [-0.4, -0.2) is 28.2 Å². The molecule has 0 aliphatic rings. The van der Waals surface area contributed by atoms with Crippen LogP contribution in [0.3, 0.4) is 0 Å². The van der Waals surface area contributed by atoms with Crippen LogP contribution in [0, 0.1) is 5.82 Å². The van der Waals surface area contributed by atoms with Gasteiger partial charge in [0, 0.05) is 5.39 Å². The van der Waals surface area contributed by atoms with E-state index in [1.807, 2.05) is 24.3 Å². The number of alkyl halides is 2. The molecule has 1 N–H and O–H groups in total. The smallest absolute Gasteiger partial charge is 0.315 e. The van der Waals surface area contributed by atoms with Gasteiger partial charge in [0.2, 0.25) is 0 Å². The summed E-state index contributed by atoms with van der Waals surface area (Å²) in [6.45, 7) is 1.61. The maximum absolute atomic E-state index is 13.2. The number of amides is 1. The van der Waals surface area contributed by atoms with Crippen molar-refractivity contribution in [2.75, 3.05) is 0 Å². The predicted octanol–water partition coefficient (Wildman–Crippen LogP) is 5.69. The van der Waals surface area contributed by atoms with E-state index in [2.05, 4.69) is 10.4 Å². The number of hydrogen-bond donors (Lipinski definition) is 1. The molecule has 5 nitrogen and oxygen atoms in total. The van der Waals surface area contributed by atoms with Crippen molar-refractivity contribution in [2.24, 2.45) is 0 Å². The lowest BCUT2D eigenvalue weighted by Gasteiger charge is -2.26. The second-order valence-electron chi connectivity index (χ2n) is 7.30. The number of benzene rings is 3. The minimum absolute atomic E-state index is 0. The summed E-state index contributed by atoms with van der Waals surface area (Å²) in [6.07, 6.45) is -2.14. The SMILES string of the molecule is C.C[C@H](NC(=O)C(F)F)[C@H](Oc1ccc2c(cnn2-c2ccc(F)cc2)c1)c1ccccc1. The summed E-state index contributed by atoms with van der Waals surface area (Å²) in [5, 5.41) is 7.45. The first-order chi connectivity index (χ1) is 15.4. The van der Waals surface area contributed by atoms with E-state index in [1.165, 1.54) is 12.1 Å². The van der Waals surface area contributed by atoms with Gasteiger partial charge in [-0.3, -0.25) is 4.79 Å². The quantitative estimate of drug-likeness (QED) is 0.390. The third kappa shape index (κ3) is 5.34. The Balaban J connectivity index is 0.00000306. The maximum atomic E-state index is 13.2. The molecule has 0 aliphatic carbocycles. The molecule has 1 aromatic heterocycles. The lowest BCUT2D eigenvalue weighted by molar-refractivity contribution is -0.133. The number of nitrogens with one attached hydrogen (secondary N) is 1. The number of nitrogens with zero attached hydrogens (tertiary/aromatic N) is 2. The third-order valence-corrected chi connectivity index (χ3v) is 5.02. The summed E-state index contributed by atoms with van der Waals surface area (Å²) in [5.74, 6) is -1.19. The predicted molar refractivity (Wildman–Crippen MR) is 121 cm³/mol. The summed E-state index contributed by atoms with van der Waals surface area (Å²) in [7, 11) is 0. The zero-order valence-electron chi connectivity index (χ0n) is 17.1. The Bertz CT molecular complexity index is 1210. The molecule has 3 aromatic carbocycles. The van der Waals surface area contributed by atoms with E-state index >= 15 is 0 Å². The molecule has 0 saturated heterocycles. The number of hydrogen-bond acceptors (Lipinski definition) is 3. The van der Waals surface area contributed by atoms with Crippen molar-refractivity contribution in [3.05, 3.63) is 90.4 Å². The van der Waals surface area contributed by atoms with Crippen LogP contribution in [0.1, 0.15) is 26.0 Å². The normalized spacial score (nSPS) is 12.8. The molecule has 0 radical (unpaired) electrons. The van der Waals surface area contributed by atoms with E-state index in [0.717, 1.165) is 16.5 Å². The van der Waals surface area contributed by atoms with Crippen LogP contribution in [-0.2, 0) is 4.79 Å².